The lowest BCUT2D eigenvalue weighted by atomic mass is 9.67. The first-order valence-corrected chi connectivity index (χ1v) is 14.7. The molecule has 2 unspecified atom stereocenters. The molecule has 3 heterocycles. The number of esters is 1. The molecule has 1 saturated heterocycles. The summed E-state index contributed by atoms with van der Waals surface area (Å²) >= 11 is 0. The number of hydrogen-bond acceptors (Lipinski definition) is 11. The summed E-state index contributed by atoms with van der Waals surface area (Å²) in [4.78, 5) is 85.0. The van der Waals surface area contributed by atoms with E-state index in [1.165, 1.54) is 28.1 Å². The van der Waals surface area contributed by atoms with E-state index >= 15 is 0 Å². The van der Waals surface area contributed by atoms with Gasteiger partial charge in [-0.3, -0.25) is 33.8 Å². The summed E-state index contributed by atoms with van der Waals surface area (Å²) in [5, 5.41) is 0. The summed E-state index contributed by atoms with van der Waals surface area (Å²) < 4.78 is 16.5. The van der Waals surface area contributed by atoms with Gasteiger partial charge in [0.2, 0.25) is 11.6 Å². The standard InChI is InChI=1S/C33H38N2O9/c1-9-14(2)33(41)44-13-23-24-18(27(37)16(4)31(42-7)29(24)39)12-22-26-25-19(28(38)17(5)32(43-8)30(25)40)11-20(34(26)6)21(35(22)23)10-15(3)36/h9,20-23,26H,10-13H2,1-8H3/b14-9-/t20-,21?,22?,23-,26-/m0/s1. The number of methoxy groups -OCH3 is 2. The third kappa shape index (κ3) is 4.56. The van der Waals surface area contributed by atoms with Crippen LogP contribution in [0.4, 0.5) is 0 Å². The Morgan fingerprint density at radius 2 is 1.36 bits per heavy atom. The highest BCUT2D eigenvalue weighted by Crippen LogP contribution is 2.49. The third-order valence-corrected chi connectivity index (χ3v) is 9.85. The zero-order valence-electron chi connectivity index (χ0n) is 26.4. The SMILES string of the molecule is C/C=C(/C)C(=O)OC[C@H]1C2=C(CC3[C@H]4C5=C(C[C@@H](C(CC(C)=O)N31)N4C)C(=O)C(C)=C(OC)C5=O)C(=O)C(C)=C(OC)C2=O. The van der Waals surface area contributed by atoms with Crippen molar-refractivity contribution in [3.8, 4) is 0 Å². The highest BCUT2D eigenvalue weighted by atomic mass is 16.5. The van der Waals surface area contributed by atoms with Crippen LogP contribution in [0.15, 0.2) is 56.6 Å². The Bertz CT molecular complexity index is 1570. The molecule has 0 aromatic heterocycles. The van der Waals surface area contributed by atoms with Crippen LogP contribution < -0.4 is 0 Å². The summed E-state index contributed by atoms with van der Waals surface area (Å²) in [6.07, 6.45) is 1.97. The number of ketones is 5. The van der Waals surface area contributed by atoms with E-state index < -0.39 is 47.7 Å². The predicted octanol–water partition coefficient (Wildman–Crippen LogP) is 2.11. The molecule has 11 nitrogen and oxygen atoms in total. The zero-order valence-corrected chi connectivity index (χ0v) is 26.4. The molecule has 0 amide bonds. The number of fused-ring (bicyclic) bond motifs is 5. The second-order valence-electron chi connectivity index (χ2n) is 12.1. The van der Waals surface area contributed by atoms with Gasteiger partial charge in [0.1, 0.15) is 12.4 Å². The quantitative estimate of drug-likeness (QED) is 0.239. The van der Waals surface area contributed by atoms with Crippen molar-refractivity contribution in [1.82, 2.24) is 9.80 Å². The molecule has 5 atom stereocenters. The molecule has 2 aliphatic carbocycles. The van der Waals surface area contributed by atoms with Gasteiger partial charge in [0, 0.05) is 63.6 Å². The number of carbonyl (C=O) groups is 6. The largest absolute Gasteiger partial charge is 0.492 e. The summed E-state index contributed by atoms with van der Waals surface area (Å²) in [5.74, 6) is -2.29. The van der Waals surface area contributed by atoms with Crippen LogP contribution >= 0.6 is 0 Å². The average molecular weight is 607 g/mol. The lowest BCUT2D eigenvalue weighted by Crippen LogP contribution is -2.74. The number of carbonyl (C=O) groups excluding carboxylic acids is 6. The highest BCUT2D eigenvalue weighted by Gasteiger charge is 2.59. The second kappa shape index (κ2) is 11.5. The maximum Gasteiger partial charge on any atom is 0.333 e. The summed E-state index contributed by atoms with van der Waals surface area (Å²) in [7, 11) is 4.53. The minimum absolute atomic E-state index is 0.0199. The molecule has 11 heteroatoms. The molecule has 0 aromatic carbocycles. The number of Topliss-reactive ketones (excluding diaryl/α,β-unsaturated/α-hetero) is 5. The first kappa shape index (κ1) is 31.5. The van der Waals surface area contributed by atoms with Gasteiger partial charge in [-0.25, -0.2) is 4.79 Å². The Balaban J connectivity index is 1.73. The van der Waals surface area contributed by atoms with Gasteiger partial charge in [0.05, 0.1) is 26.3 Å². The smallest absolute Gasteiger partial charge is 0.333 e. The molecular weight excluding hydrogens is 568 g/mol. The Morgan fingerprint density at radius 1 is 0.841 bits per heavy atom. The van der Waals surface area contributed by atoms with E-state index in [-0.39, 0.29) is 77.0 Å². The molecule has 5 rings (SSSR count). The van der Waals surface area contributed by atoms with E-state index in [2.05, 4.69) is 0 Å². The molecule has 234 valence electrons. The lowest BCUT2D eigenvalue weighted by molar-refractivity contribution is -0.146. The molecule has 1 fully saturated rings. The van der Waals surface area contributed by atoms with Gasteiger partial charge in [-0.05, 0) is 54.5 Å². The number of rotatable bonds is 7. The van der Waals surface area contributed by atoms with Crippen molar-refractivity contribution in [1.29, 1.82) is 0 Å². The molecule has 44 heavy (non-hydrogen) atoms. The van der Waals surface area contributed by atoms with Gasteiger partial charge in [0.25, 0.3) is 0 Å². The molecule has 0 spiro atoms. The van der Waals surface area contributed by atoms with Crippen molar-refractivity contribution in [2.45, 2.75) is 84.1 Å². The second-order valence-corrected chi connectivity index (χ2v) is 12.1. The normalized spacial score (nSPS) is 29.5. The van der Waals surface area contributed by atoms with Gasteiger partial charge in [0.15, 0.2) is 23.1 Å². The third-order valence-electron chi connectivity index (χ3n) is 9.85. The summed E-state index contributed by atoms with van der Waals surface area (Å²) in [6.45, 7) is 7.63. The van der Waals surface area contributed by atoms with Crippen LogP contribution in [0.2, 0.25) is 0 Å². The Morgan fingerprint density at radius 3 is 1.89 bits per heavy atom. The van der Waals surface area contributed by atoms with Crippen LogP contribution in [0.1, 0.15) is 53.9 Å². The number of allylic oxidation sites excluding steroid dienone is 5. The number of piperazine rings is 1. The first-order chi connectivity index (χ1) is 20.8. The van der Waals surface area contributed by atoms with Crippen molar-refractivity contribution in [3.05, 3.63) is 56.6 Å². The van der Waals surface area contributed by atoms with Crippen LogP contribution in [-0.4, -0.2) is 103 Å². The van der Waals surface area contributed by atoms with E-state index in [1.807, 2.05) is 16.8 Å². The minimum atomic E-state index is -0.911. The number of hydrogen-bond donors (Lipinski definition) is 0. The number of nitrogens with zero attached hydrogens (tertiary/aromatic N) is 2. The van der Waals surface area contributed by atoms with E-state index in [9.17, 15) is 28.8 Å². The van der Waals surface area contributed by atoms with Crippen molar-refractivity contribution >= 4 is 34.9 Å². The van der Waals surface area contributed by atoms with Gasteiger partial charge in [-0.2, -0.15) is 0 Å². The van der Waals surface area contributed by atoms with Gasteiger partial charge in [-0.1, -0.05) is 6.08 Å². The average Bonchev–Trinajstić information content (AvgIpc) is 2.98. The highest BCUT2D eigenvalue weighted by molar-refractivity contribution is 6.26. The molecule has 3 aliphatic heterocycles. The monoisotopic (exact) mass is 606 g/mol. The van der Waals surface area contributed by atoms with Crippen molar-refractivity contribution in [3.63, 3.8) is 0 Å². The Labute approximate surface area is 256 Å². The summed E-state index contributed by atoms with van der Waals surface area (Å²) in [6, 6.07) is -3.10. The summed E-state index contributed by atoms with van der Waals surface area (Å²) in [5.41, 5.74) is 1.90. The van der Waals surface area contributed by atoms with Gasteiger partial charge >= 0.3 is 5.97 Å². The lowest BCUT2D eigenvalue weighted by Gasteiger charge is -2.61. The number of likely N-dealkylation sites (N-methyl/N-ethyl adjacent to an activating group) is 1. The topological polar surface area (TPSA) is 137 Å². The van der Waals surface area contributed by atoms with Crippen molar-refractivity contribution < 1.29 is 43.0 Å². The molecule has 0 aromatic rings. The number of ether oxygens (including phenoxy) is 3. The fraction of sp³-hybridized carbons (Fsp3) is 0.515. The molecular formula is C33H38N2O9. The fourth-order valence-electron chi connectivity index (χ4n) is 7.70. The van der Waals surface area contributed by atoms with Gasteiger partial charge < -0.3 is 14.2 Å². The Kier molecular flexibility index (Phi) is 8.24. The molecule has 5 aliphatic rings. The minimum Gasteiger partial charge on any atom is -0.492 e. The van der Waals surface area contributed by atoms with Crippen LogP contribution in [0.5, 0.6) is 0 Å². The molecule has 0 saturated carbocycles. The van der Waals surface area contributed by atoms with Crippen LogP contribution in [0.3, 0.4) is 0 Å². The molecule has 2 bridgehead atoms. The van der Waals surface area contributed by atoms with Crippen molar-refractivity contribution in [2.24, 2.45) is 0 Å². The molecule has 0 radical (unpaired) electrons. The van der Waals surface area contributed by atoms with E-state index in [0.717, 1.165) is 0 Å². The zero-order chi connectivity index (χ0) is 32.4. The van der Waals surface area contributed by atoms with Crippen LogP contribution in [0.25, 0.3) is 0 Å². The van der Waals surface area contributed by atoms with Crippen LogP contribution in [0, 0.1) is 0 Å². The molecule has 0 N–H and O–H groups in total. The van der Waals surface area contributed by atoms with E-state index in [0.29, 0.717) is 16.7 Å². The fourth-order valence-corrected chi connectivity index (χ4v) is 7.70. The maximum atomic E-state index is 14.0. The van der Waals surface area contributed by atoms with Crippen LogP contribution in [-0.2, 0) is 43.0 Å². The van der Waals surface area contributed by atoms with Crippen molar-refractivity contribution in [2.75, 3.05) is 27.9 Å². The Hall–Kier alpha value is -3.96. The van der Waals surface area contributed by atoms with E-state index in [4.69, 9.17) is 14.2 Å². The maximum absolute atomic E-state index is 14.0. The predicted molar refractivity (Wildman–Crippen MR) is 157 cm³/mol. The van der Waals surface area contributed by atoms with Gasteiger partial charge in [-0.15, -0.1) is 0 Å². The first-order valence-electron chi connectivity index (χ1n) is 14.7. The van der Waals surface area contributed by atoms with E-state index in [1.54, 1.807) is 26.8 Å².